The molecule has 3 heterocycles. The molecule has 0 radical (unpaired) electrons. The van der Waals surface area contributed by atoms with Crippen molar-refractivity contribution < 1.29 is 23.7 Å². The first-order chi connectivity index (χ1) is 11.5. The topological polar surface area (TPSA) is 122 Å². The lowest BCUT2D eigenvalue weighted by Crippen LogP contribution is -2.46. The molecule has 2 fully saturated rings. The van der Waals surface area contributed by atoms with Gasteiger partial charge in [0.2, 0.25) is 0 Å². The minimum atomic E-state index is -0.675. The minimum absolute atomic E-state index is 0.119. The van der Waals surface area contributed by atoms with Crippen LogP contribution in [0.3, 0.4) is 0 Å². The highest BCUT2D eigenvalue weighted by atomic mass is 16.6. The molecule has 0 aliphatic carbocycles. The van der Waals surface area contributed by atoms with Crippen LogP contribution in [0.25, 0.3) is 0 Å². The lowest BCUT2D eigenvalue weighted by Gasteiger charge is -2.29. The van der Waals surface area contributed by atoms with E-state index in [0.29, 0.717) is 26.3 Å². The van der Waals surface area contributed by atoms with Crippen LogP contribution in [0.5, 0.6) is 0 Å². The lowest BCUT2D eigenvalue weighted by atomic mass is 10.4. The van der Waals surface area contributed by atoms with E-state index in [2.05, 4.69) is 5.10 Å². The smallest absolute Gasteiger partial charge is 0.400 e. The Kier molecular flexibility index (Phi) is 4.53. The van der Waals surface area contributed by atoms with Crippen LogP contribution < -0.4 is 0 Å². The van der Waals surface area contributed by atoms with E-state index in [1.165, 1.54) is 12.1 Å². The molecule has 24 heavy (non-hydrogen) atoms. The van der Waals surface area contributed by atoms with Crippen LogP contribution in [0.1, 0.15) is 5.76 Å². The second-order valence-corrected chi connectivity index (χ2v) is 5.21. The summed E-state index contributed by atoms with van der Waals surface area (Å²) in [5.41, 5.74) is 0. The monoisotopic (exact) mass is 337 g/mol. The lowest BCUT2D eigenvalue weighted by molar-refractivity contribution is -0.402. The molecule has 0 aromatic carbocycles. The van der Waals surface area contributed by atoms with Gasteiger partial charge in [-0.1, -0.05) is 0 Å². The van der Waals surface area contributed by atoms with Crippen molar-refractivity contribution in [1.29, 1.82) is 0 Å². The molecule has 3 rings (SSSR count). The Bertz CT molecular complexity index is 680. The van der Waals surface area contributed by atoms with Crippen LogP contribution in [0.4, 0.5) is 10.7 Å². The molecule has 2 aliphatic rings. The van der Waals surface area contributed by atoms with E-state index in [0.717, 1.165) is 16.1 Å². The van der Waals surface area contributed by atoms with E-state index in [4.69, 9.17) is 9.15 Å². The number of hydrogen-bond donors (Lipinski definition) is 0. The first-order valence-electron chi connectivity index (χ1n) is 7.25. The zero-order valence-electron chi connectivity index (χ0n) is 12.7. The second kappa shape index (κ2) is 6.76. The average molecular weight is 337 g/mol. The van der Waals surface area contributed by atoms with Crippen molar-refractivity contribution in [2.45, 2.75) is 0 Å². The maximum Gasteiger partial charge on any atom is 0.433 e. The van der Waals surface area contributed by atoms with Crippen molar-refractivity contribution in [3.63, 3.8) is 0 Å². The molecule has 0 spiro atoms. The highest BCUT2D eigenvalue weighted by molar-refractivity contribution is 6.02. The van der Waals surface area contributed by atoms with E-state index < -0.39 is 16.8 Å². The number of furan rings is 1. The second-order valence-electron chi connectivity index (χ2n) is 5.21. The molecule has 11 nitrogen and oxygen atoms in total. The van der Waals surface area contributed by atoms with Crippen molar-refractivity contribution in [2.75, 3.05) is 39.5 Å². The SMILES string of the molecule is O=C1CN(/N=C/c2ccc([N+](=O)[O-])o2)C(=O)N1CN1CCOCC1. The van der Waals surface area contributed by atoms with Gasteiger partial charge in [0.1, 0.15) is 11.5 Å². The Labute approximate surface area is 136 Å². The van der Waals surface area contributed by atoms with Gasteiger partial charge in [0.25, 0.3) is 5.91 Å². The summed E-state index contributed by atoms with van der Waals surface area (Å²) in [7, 11) is 0. The molecule has 0 saturated carbocycles. The Morgan fingerprint density at radius 3 is 2.71 bits per heavy atom. The van der Waals surface area contributed by atoms with Crippen LogP contribution in [-0.4, -0.2) is 77.4 Å². The summed E-state index contributed by atoms with van der Waals surface area (Å²) in [6.07, 6.45) is 1.16. The molecule has 0 unspecified atom stereocenters. The quantitative estimate of drug-likeness (QED) is 0.322. The highest BCUT2D eigenvalue weighted by Gasteiger charge is 2.37. The van der Waals surface area contributed by atoms with Crippen molar-refractivity contribution in [3.8, 4) is 0 Å². The molecule has 0 N–H and O–H groups in total. The summed E-state index contributed by atoms with van der Waals surface area (Å²) in [6, 6.07) is 2.00. The van der Waals surface area contributed by atoms with Gasteiger partial charge in [-0.15, -0.1) is 0 Å². The summed E-state index contributed by atoms with van der Waals surface area (Å²) in [4.78, 5) is 37.2. The summed E-state index contributed by atoms with van der Waals surface area (Å²) >= 11 is 0. The first-order valence-corrected chi connectivity index (χ1v) is 7.25. The number of carbonyl (C=O) groups excluding carboxylic acids is 2. The number of imide groups is 1. The van der Waals surface area contributed by atoms with Gasteiger partial charge >= 0.3 is 11.9 Å². The van der Waals surface area contributed by atoms with Crippen molar-refractivity contribution in [3.05, 3.63) is 28.0 Å². The number of urea groups is 1. The van der Waals surface area contributed by atoms with Crippen LogP contribution in [0.2, 0.25) is 0 Å². The largest absolute Gasteiger partial charge is 0.433 e. The Balaban J connectivity index is 1.62. The molecular formula is C13H15N5O6. The van der Waals surface area contributed by atoms with Crippen LogP contribution in [0.15, 0.2) is 21.7 Å². The summed E-state index contributed by atoms with van der Waals surface area (Å²) in [5.74, 6) is -0.656. The summed E-state index contributed by atoms with van der Waals surface area (Å²) in [5, 5.41) is 15.4. The first kappa shape index (κ1) is 16.1. The van der Waals surface area contributed by atoms with Gasteiger partial charge in [-0.3, -0.25) is 19.8 Å². The number of carbonyl (C=O) groups is 2. The number of nitro groups is 1. The number of amides is 3. The average Bonchev–Trinajstić information content (AvgIpc) is 3.14. The zero-order valence-corrected chi connectivity index (χ0v) is 12.7. The van der Waals surface area contributed by atoms with Crippen LogP contribution in [0, 0.1) is 10.1 Å². The molecule has 11 heteroatoms. The van der Waals surface area contributed by atoms with Gasteiger partial charge in [0.15, 0.2) is 5.76 Å². The number of rotatable bonds is 5. The number of hydrogen-bond acceptors (Lipinski definition) is 8. The van der Waals surface area contributed by atoms with Gasteiger partial charge in [0, 0.05) is 13.1 Å². The molecule has 3 amide bonds. The predicted octanol–water partition coefficient (Wildman–Crippen LogP) is 0.0756. The van der Waals surface area contributed by atoms with Crippen LogP contribution in [-0.2, 0) is 9.53 Å². The molecule has 0 bridgehead atoms. The van der Waals surface area contributed by atoms with Gasteiger partial charge in [-0.05, 0) is 6.07 Å². The fraction of sp³-hybridized carbons (Fsp3) is 0.462. The maximum atomic E-state index is 12.2. The van der Waals surface area contributed by atoms with Gasteiger partial charge in [-0.25, -0.2) is 14.7 Å². The fourth-order valence-electron chi connectivity index (χ4n) is 2.34. The van der Waals surface area contributed by atoms with E-state index >= 15 is 0 Å². The summed E-state index contributed by atoms with van der Waals surface area (Å²) < 4.78 is 10.1. The molecule has 0 atom stereocenters. The number of nitrogens with zero attached hydrogens (tertiary/aromatic N) is 5. The van der Waals surface area contributed by atoms with E-state index in [1.807, 2.05) is 4.90 Å². The molecule has 2 saturated heterocycles. The highest BCUT2D eigenvalue weighted by Crippen LogP contribution is 2.16. The third kappa shape index (κ3) is 3.41. The maximum absolute atomic E-state index is 12.2. The van der Waals surface area contributed by atoms with Gasteiger partial charge < -0.3 is 9.15 Å². The Morgan fingerprint density at radius 1 is 1.29 bits per heavy atom. The third-order valence-electron chi connectivity index (χ3n) is 3.60. The fourth-order valence-corrected chi connectivity index (χ4v) is 2.34. The van der Waals surface area contributed by atoms with E-state index in [9.17, 15) is 19.7 Å². The van der Waals surface area contributed by atoms with E-state index in [-0.39, 0.29) is 24.9 Å². The molecule has 1 aromatic rings. The van der Waals surface area contributed by atoms with Crippen LogP contribution >= 0.6 is 0 Å². The molecular weight excluding hydrogens is 322 g/mol. The van der Waals surface area contributed by atoms with Gasteiger partial charge in [-0.2, -0.15) is 5.10 Å². The van der Waals surface area contributed by atoms with E-state index in [1.54, 1.807) is 0 Å². The molecule has 2 aliphatic heterocycles. The third-order valence-corrected chi connectivity index (χ3v) is 3.60. The minimum Gasteiger partial charge on any atom is -0.400 e. The molecule has 128 valence electrons. The standard InChI is InChI=1S/C13H15N5O6/c19-11-8-17(14-7-10-1-2-12(24-10)18(21)22)13(20)16(11)9-15-3-5-23-6-4-15/h1-2,7H,3-6,8-9H2/b14-7+. The normalized spacial score (nSPS) is 19.7. The number of ether oxygens (including phenoxy) is 1. The van der Waals surface area contributed by atoms with Gasteiger partial charge in [0.05, 0.1) is 32.2 Å². The Hall–Kier alpha value is -2.79. The van der Waals surface area contributed by atoms with Crippen molar-refractivity contribution in [2.24, 2.45) is 5.10 Å². The number of hydrazone groups is 1. The molecule has 1 aromatic heterocycles. The Morgan fingerprint density at radius 2 is 2.04 bits per heavy atom. The summed E-state index contributed by atoms with van der Waals surface area (Å²) in [6.45, 7) is 2.44. The number of morpholine rings is 1. The van der Waals surface area contributed by atoms with Crippen molar-refractivity contribution in [1.82, 2.24) is 14.8 Å². The zero-order chi connectivity index (χ0) is 17.1. The predicted molar refractivity (Wildman–Crippen MR) is 79.2 cm³/mol. The van der Waals surface area contributed by atoms with Crippen molar-refractivity contribution >= 4 is 24.0 Å².